The van der Waals surface area contributed by atoms with Crippen LogP contribution in [0, 0.1) is 0 Å². The molecule has 0 bridgehead atoms. The van der Waals surface area contributed by atoms with Crippen molar-refractivity contribution in [1.82, 2.24) is 9.80 Å². The maximum atomic E-state index is 12.3. The predicted molar refractivity (Wildman–Crippen MR) is 77.2 cm³/mol. The van der Waals surface area contributed by atoms with Gasteiger partial charge in [0.15, 0.2) is 0 Å². The zero-order chi connectivity index (χ0) is 14.4. The number of rotatable bonds is 6. The van der Waals surface area contributed by atoms with Gasteiger partial charge < -0.3 is 14.9 Å². The van der Waals surface area contributed by atoms with Gasteiger partial charge in [0.2, 0.25) is 5.91 Å². The molecule has 1 atom stereocenters. The quantitative estimate of drug-likeness (QED) is 0.851. The lowest BCUT2D eigenvalue weighted by atomic mass is 10.1. The number of hydrogen-bond donors (Lipinski definition) is 1. The highest BCUT2D eigenvalue weighted by atomic mass is 16.3. The van der Waals surface area contributed by atoms with E-state index in [-0.39, 0.29) is 24.1 Å². The van der Waals surface area contributed by atoms with E-state index in [9.17, 15) is 9.90 Å². The molecule has 106 valence electrons. The van der Waals surface area contributed by atoms with E-state index in [0.717, 1.165) is 6.54 Å². The van der Waals surface area contributed by atoms with Crippen LogP contribution in [0.2, 0.25) is 0 Å². The Morgan fingerprint density at radius 2 is 1.95 bits per heavy atom. The third-order valence-electron chi connectivity index (χ3n) is 3.16. The number of phenols is 1. The van der Waals surface area contributed by atoms with E-state index in [1.807, 2.05) is 38.9 Å². The third kappa shape index (κ3) is 4.56. The molecule has 0 heterocycles. The smallest absolute Gasteiger partial charge is 0.227 e. The van der Waals surface area contributed by atoms with Crippen molar-refractivity contribution in [2.45, 2.75) is 26.3 Å². The Morgan fingerprint density at radius 3 is 2.47 bits per heavy atom. The van der Waals surface area contributed by atoms with Crippen LogP contribution in [0.4, 0.5) is 0 Å². The minimum absolute atomic E-state index is 0.0540. The van der Waals surface area contributed by atoms with Gasteiger partial charge in [0.05, 0.1) is 6.42 Å². The molecule has 1 aromatic carbocycles. The Labute approximate surface area is 115 Å². The van der Waals surface area contributed by atoms with Gasteiger partial charge in [-0.3, -0.25) is 4.79 Å². The number of para-hydroxylation sites is 1. The Bertz CT molecular complexity index is 418. The molecule has 0 aromatic heterocycles. The van der Waals surface area contributed by atoms with Gasteiger partial charge in [-0.1, -0.05) is 18.2 Å². The third-order valence-corrected chi connectivity index (χ3v) is 3.16. The number of benzene rings is 1. The van der Waals surface area contributed by atoms with Crippen LogP contribution >= 0.6 is 0 Å². The molecule has 0 aliphatic heterocycles. The first kappa shape index (κ1) is 15.5. The molecule has 0 saturated heterocycles. The molecule has 0 spiro atoms. The molecular formula is C15H24N2O2. The average molecular weight is 264 g/mol. The van der Waals surface area contributed by atoms with Crippen molar-refractivity contribution in [3.63, 3.8) is 0 Å². The molecule has 19 heavy (non-hydrogen) atoms. The van der Waals surface area contributed by atoms with Gasteiger partial charge >= 0.3 is 0 Å². The summed E-state index contributed by atoms with van der Waals surface area (Å²) < 4.78 is 0. The summed E-state index contributed by atoms with van der Waals surface area (Å²) in [5.74, 6) is 0.241. The van der Waals surface area contributed by atoms with Crippen LogP contribution in [0.3, 0.4) is 0 Å². The van der Waals surface area contributed by atoms with Crippen LogP contribution in [0.1, 0.15) is 19.4 Å². The standard InChI is InChI=1S/C15H24N2O2/c1-5-17(12(2)11-16(3)4)15(19)10-13-8-6-7-9-14(13)18/h6-9,12,18H,5,10-11H2,1-4H3. The Hall–Kier alpha value is -1.55. The molecule has 1 unspecified atom stereocenters. The Morgan fingerprint density at radius 1 is 1.32 bits per heavy atom. The lowest BCUT2D eigenvalue weighted by molar-refractivity contribution is -0.132. The number of likely N-dealkylation sites (N-methyl/N-ethyl adjacent to an activating group) is 2. The van der Waals surface area contributed by atoms with Crippen molar-refractivity contribution in [3.05, 3.63) is 29.8 Å². The molecule has 1 amide bonds. The van der Waals surface area contributed by atoms with Gasteiger partial charge in [-0.2, -0.15) is 0 Å². The number of amides is 1. The fraction of sp³-hybridized carbons (Fsp3) is 0.533. The van der Waals surface area contributed by atoms with Crippen LogP contribution in [0.15, 0.2) is 24.3 Å². The molecule has 0 aliphatic carbocycles. The zero-order valence-electron chi connectivity index (χ0n) is 12.3. The van der Waals surface area contributed by atoms with Gasteiger partial charge in [0, 0.05) is 24.7 Å². The first-order valence-electron chi connectivity index (χ1n) is 6.66. The minimum atomic E-state index is 0.0540. The highest BCUT2D eigenvalue weighted by Crippen LogP contribution is 2.17. The van der Waals surface area contributed by atoms with E-state index in [2.05, 4.69) is 4.90 Å². The molecule has 4 heteroatoms. The summed E-state index contributed by atoms with van der Waals surface area (Å²) in [6.45, 7) is 5.54. The van der Waals surface area contributed by atoms with E-state index in [0.29, 0.717) is 12.1 Å². The van der Waals surface area contributed by atoms with E-state index >= 15 is 0 Å². The van der Waals surface area contributed by atoms with E-state index < -0.39 is 0 Å². The molecule has 0 fully saturated rings. The van der Waals surface area contributed by atoms with Gasteiger partial charge in [0.25, 0.3) is 0 Å². The summed E-state index contributed by atoms with van der Waals surface area (Å²) in [5, 5.41) is 9.72. The summed E-state index contributed by atoms with van der Waals surface area (Å²) in [4.78, 5) is 16.2. The Kier molecular flexibility index (Phi) is 5.83. The second kappa shape index (κ2) is 7.14. The lowest BCUT2D eigenvalue weighted by Crippen LogP contribution is -2.44. The zero-order valence-corrected chi connectivity index (χ0v) is 12.3. The van der Waals surface area contributed by atoms with Crippen LogP contribution < -0.4 is 0 Å². The lowest BCUT2D eigenvalue weighted by Gasteiger charge is -2.30. The molecule has 4 nitrogen and oxygen atoms in total. The number of carbonyl (C=O) groups is 1. The van der Waals surface area contributed by atoms with Crippen molar-refractivity contribution in [1.29, 1.82) is 0 Å². The number of phenolic OH excluding ortho intramolecular Hbond substituents is 1. The fourth-order valence-electron chi connectivity index (χ4n) is 2.29. The van der Waals surface area contributed by atoms with Crippen LogP contribution in [0.5, 0.6) is 5.75 Å². The molecule has 0 radical (unpaired) electrons. The average Bonchev–Trinajstić information content (AvgIpc) is 2.32. The maximum absolute atomic E-state index is 12.3. The number of hydrogen-bond acceptors (Lipinski definition) is 3. The first-order chi connectivity index (χ1) is 8.95. The molecule has 1 N–H and O–H groups in total. The normalized spacial score (nSPS) is 12.5. The summed E-state index contributed by atoms with van der Waals surface area (Å²) in [5.41, 5.74) is 0.683. The number of nitrogens with zero attached hydrogens (tertiary/aromatic N) is 2. The van der Waals surface area contributed by atoms with E-state index in [4.69, 9.17) is 0 Å². The van der Waals surface area contributed by atoms with Gasteiger partial charge in [-0.15, -0.1) is 0 Å². The molecule has 0 saturated carbocycles. The largest absolute Gasteiger partial charge is 0.508 e. The van der Waals surface area contributed by atoms with Crippen LogP contribution in [-0.2, 0) is 11.2 Å². The second-order valence-corrected chi connectivity index (χ2v) is 5.10. The van der Waals surface area contributed by atoms with Crippen LogP contribution in [-0.4, -0.2) is 54.0 Å². The molecule has 1 aromatic rings. The SMILES string of the molecule is CCN(C(=O)Cc1ccccc1O)C(C)CN(C)C. The van der Waals surface area contributed by atoms with Gasteiger partial charge in [0.1, 0.15) is 5.75 Å². The van der Waals surface area contributed by atoms with Crippen molar-refractivity contribution >= 4 is 5.91 Å². The molecule has 1 rings (SSSR count). The highest BCUT2D eigenvalue weighted by Gasteiger charge is 2.19. The summed E-state index contributed by atoms with van der Waals surface area (Å²) in [7, 11) is 4.00. The minimum Gasteiger partial charge on any atom is -0.508 e. The van der Waals surface area contributed by atoms with Gasteiger partial charge in [-0.05, 0) is 34.0 Å². The summed E-state index contributed by atoms with van der Waals surface area (Å²) in [6.07, 6.45) is 0.248. The van der Waals surface area contributed by atoms with Crippen molar-refractivity contribution < 1.29 is 9.90 Å². The number of aromatic hydroxyl groups is 1. The maximum Gasteiger partial charge on any atom is 0.227 e. The summed E-state index contributed by atoms with van der Waals surface area (Å²) in [6, 6.07) is 7.16. The van der Waals surface area contributed by atoms with Crippen molar-refractivity contribution in [3.8, 4) is 5.75 Å². The van der Waals surface area contributed by atoms with Gasteiger partial charge in [-0.25, -0.2) is 0 Å². The molecule has 0 aliphatic rings. The summed E-state index contributed by atoms with van der Waals surface area (Å²) >= 11 is 0. The predicted octanol–water partition coefficient (Wildman–Crippen LogP) is 1.73. The topological polar surface area (TPSA) is 43.8 Å². The second-order valence-electron chi connectivity index (χ2n) is 5.10. The first-order valence-corrected chi connectivity index (χ1v) is 6.66. The number of carbonyl (C=O) groups excluding carboxylic acids is 1. The van der Waals surface area contributed by atoms with E-state index in [1.165, 1.54) is 0 Å². The van der Waals surface area contributed by atoms with Crippen molar-refractivity contribution in [2.24, 2.45) is 0 Å². The molecular weight excluding hydrogens is 240 g/mol. The van der Waals surface area contributed by atoms with Crippen molar-refractivity contribution in [2.75, 3.05) is 27.2 Å². The van der Waals surface area contributed by atoms with Crippen LogP contribution in [0.25, 0.3) is 0 Å². The Balaban J connectivity index is 2.72. The highest BCUT2D eigenvalue weighted by molar-refractivity contribution is 5.79. The van der Waals surface area contributed by atoms with E-state index in [1.54, 1.807) is 18.2 Å². The fourth-order valence-corrected chi connectivity index (χ4v) is 2.29. The monoisotopic (exact) mass is 264 g/mol.